The number of amides is 1. The molecule has 0 aliphatic heterocycles. The van der Waals surface area contributed by atoms with Crippen molar-refractivity contribution in [3.05, 3.63) is 70.2 Å². The number of halogens is 2. The fraction of sp³-hybridized carbons (Fsp3) is 0.200. The predicted molar refractivity (Wildman–Crippen MR) is 146 cm³/mol. The summed E-state index contributed by atoms with van der Waals surface area (Å²) in [6.07, 6.45) is 1.32. The third-order valence-electron chi connectivity index (χ3n) is 5.24. The van der Waals surface area contributed by atoms with Gasteiger partial charge < -0.3 is 18.9 Å². The van der Waals surface area contributed by atoms with E-state index in [1.165, 1.54) is 71.1 Å². The third-order valence-corrected chi connectivity index (χ3v) is 7.56. The van der Waals surface area contributed by atoms with Crippen LogP contribution < -0.4 is 28.7 Å². The summed E-state index contributed by atoms with van der Waals surface area (Å²) in [7, 11) is 1.29. The van der Waals surface area contributed by atoms with E-state index in [0.717, 1.165) is 4.31 Å². The van der Waals surface area contributed by atoms with Crippen molar-refractivity contribution in [2.24, 2.45) is 5.10 Å². The maximum absolute atomic E-state index is 13.9. The molecule has 3 aromatic carbocycles. The highest BCUT2D eigenvalue weighted by atomic mass is 35.5. The molecule has 0 atom stereocenters. The summed E-state index contributed by atoms with van der Waals surface area (Å²) < 4.78 is 49.7. The highest BCUT2D eigenvalue weighted by Crippen LogP contribution is 2.37. The largest absolute Gasteiger partial charge is 0.497 e. The smallest absolute Gasteiger partial charge is 0.265 e. The molecule has 13 heteroatoms. The van der Waals surface area contributed by atoms with E-state index >= 15 is 0 Å². The molecule has 0 heterocycles. The lowest BCUT2D eigenvalue weighted by Crippen LogP contribution is -2.39. The Morgan fingerprint density at radius 2 is 1.58 bits per heavy atom. The molecule has 0 unspecified atom stereocenters. The summed E-state index contributed by atoms with van der Waals surface area (Å²) in [4.78, 5) is 12.8. The first-order valence-electron chi connectivity index (χ1n) is 10.9. The number of carbonyl (C=O) groups excluding carboxylic acids is 1. The van der Waals surface area contributed by atoms with Crippen molar-refractivity contribution in [3.8, 4) is 23.0 Å². The fourth-order valence-electron chi connectivity index (χ4n) is 3.34. The molecule has 3 aromatic rings. The van der Waals surface area contributed by atoms with Crippen molar-refractivity contribution in [3.63, 3.8) is 0 Å². The molecule has 3 rings (SSSR count). The van der Waals surface area contributed by atoms with E-state index in [1.54, 1.807) is 18.2 Å². The van der Waals surface area contributed by atoms with Gasteiger partial charge in [-0.2, -0.15) is 5.10 Å². The van der Waals surface area contributed by atoms with E-state index in [9.17, 15) is 13.2 Å². The number of nitrogens with zero attached hydrogens (tertiary/aromatic N) is 2. The standard InChI is InChI=1S/C25H25Cl2N3O7S/c1-34-18-7-9-22(35-2)21(12-18)30(38(32,33)19-8-10-23(36-3)24(13-19)37-4)15-25(31)29-28-14-16-5-6-17(26)11-20(16)27/h5-14H,15H2,1-4H3,(H,29,31). The Morgan fingerprint density at radius 3 is 2.21 bits per heavy atom. The Kier molecular flexibility index (Phi) is 9.67. The number of carbonyl (C=O) groups is 1. The first kappa shape index (κ1) is 28.9. The first-order chi connectivity index (χ1) is 18.1. The molecule has 1 amide bonds. The van der Waals surface area contributed by atoms with Gasteiger partial charge in [-0.1, -0.05) is 29.3 Å². The minimum absolute atomic E-state index is 0.0708. The zero-order chi connectivity index (χ0) is 27.9. The van der Waals surface area contributed by atoms with E-state index < -0.39 is 22.5 Å². The van der Waals surface area contributed by atoms with Gasteiger partial charge in [-0.25, -0.2) is 13.8 Å². The molecule has 1 N–H and O–H groups in total. The monoisotopic (exact) mass is 581 g/mol. The Labute approximate surface area is 230 Å². The zero-order valence-corrected chi connectivity index (χ0v) is 23.2. The van der Waals surface area contributed by atoms with Gasteiger partial charge in [-0.05, 0) is 36.4 Å². The van der Waals surface area contributed by atoms with Crippen LogP contribution in [0.15, 0.2) is 64.6 Å². The van der Waals surface area contributed by atoms with Crippen LogP contribution in [0, 0.1) is 0 Å². The van der Waals surface area contributed by atoms with Crippen LogP contribution in [0.3, 0.4) is 0 Å². The molecule has 0 radical (unpaired) electrons. The number of sulfonamides is 1. The number of hydrogen-bond donors (Lipinski definition) is 1. The van der Waals surface area contributed by atoms with Crippen LogP contribution in [0.1, 0.15) is 5.56 Å². The Balaban J connectivity index is 2.01. The van der Waals surface area contributed by atoms with Crippen LogP contribution >= 0.6 is 23.2 Å². The number of hydrogen-bond acceptors (Lipinski definition) is 8. The first-order valence-corrected chi connectivity index (χ1v) is 13.1. The summed E-state index contributed by atoms with van der Waals surface area (Å²) in [5.41, 5.74) is 2.89. The number of hydrazone groups is 1. The molecular weight excluding hydrogens is 557 g/mol. The highest BCUT2D eigenvalue weighted by Gasteiger charge is 2.31. The highest BCUT2D eigenvalue weighted by molar-refractivity contribution is 7.92. The normalized spacial score (nSPS) is 11.2. The van der Waals surface area contributed by atoms with Gasteiger partial charge >= 0.3 is 0 Å². The minimum Gasteiger partial charge on any atom is -0.497 e. The zero-order valence-electron chi connectivity index (χ0n) is 20.9. The lowest BCUT2D eigenvalue weighted by Gasteiger charge is -2.26. The second-order valence-electron chi connectivity index (χ2n) is 7.53. The molecule has 0 bridgehead atoms. The number of benzene rings is 3. The van der Waals surface area contributed by atoms with Crippen molar-refractivity contribution < 1.29 is 32.2 Å². The number of methoxy groups -OCH3 is 4. The molecule has 0 saturated carbocycles. The number of rotatable bonds is 11. The molecular formula is C25H25Cl2N3O7S. The molecule has 0 spiro atoms. The average Bonchev–Trinajstić information content (AvgIpc) is 2.91. The maximum Gasteiger partial charge on any atom is 0.265 e. The van der Waals surface area contributed by atoms with Gasteiger partial charge in [0.1, 0.15) is 18.0 Å². The third kappa shape index (κ3) is 6.60. The quantitative estimate of drug-likeness (QED) is 0.264. The summed E-state index contributed by atoms with van der Waals surface area (Å²) in [6.45, 7) is -0.647. The number of ether oxygens (including phenoxy) is 4. The van der Waals surface area contributed by atoms with Crippen LogP contribution in [-0.4, -0.2) is 55.5 Å². The van der Waals surface area contributed by atoms with Gasteiger partial charge in [-0.15, -0.1) is 0 Å². The fourth-order valence-corrected chi connectivity index (χ4v) is 5.24. The summed E-state index contributed by atoms with van der Waals surface area (Å²) >= 11 is 12.0. The second kappa shape index (κ2) is 12.7. The van der Waals surface area contributed by atoms with Crippen molar-refractivity contribution in [2.75, 3.05) is 39.3 Å². The van der Waals surface area contributed by atoms with Crippen LogP contribution in [0.4, 0.5) is 5.69 Å². The second-order valence-corrected chi connectivity index (χ2v) is 10.2. The van der Waals surface area contributed by atoms with Crippen molar-refractivity contribution in [2.45, 2.75) is 4.90 Å². The van der Waals surface area contributed by atoms with Gasteiger partial charge in [0, 0.05) is 22.7 Å². The SMILES string of the molecule is COc1ccc(OC)c(N(CC(=O)NN=Cc2ccc(Cl)cc2Cl)S(=O)(=O)c2ccc(OC)c(OC)c2)c1. The lowest BCUT2D eigenvalue weighted by atomic mass is 10.2. The summed E-state index contributed by atoms with van der Waals surface area (Å²) in [5.74, 6) is 0.341. The van der Waals surface area contributed by atoms with E-state index in [4.69, 9.17) is 42.1 Å². The van der Waals surface area contributed by atoms with E-state index in [1.807, 2.05) is 0 Å². The van der Waals surface area contributed by atoms with E-state index in [0.29, 0.717) is 27.1 Å². The topological polar surface area (TPSA) is 116 Å². The number of anilines is 1. The molecule has 0 saturated heterocycles. The van der Waals surface area contributed by atoms with Crippen LogP contribution in [-0.2, 0) is 14.8 Å². The van der Waals surface area contributed by atoms with Gasteiger partial charge in [0.2, 0.25) is 0 Å². The predicted octanol–water partition coefficient (Wildman–Crippen LogP) is 4.37. The van der Waals surface area contributed by atoms with Crippen molar-refractivity contribution >= 4 is 51.0 Å². The van der Waals surface area contributed by atoms with E-state index in [-0.39, 0.29) is 22.1 Å². The van der Waals surface area contributed by atoms with Crippen LogP contribution in [0.2, 0.25) is 10.0 Å². The molecule has 10 nitrogen and oxygen atoms in total. The Bertz CT molecular complexity index is 1450. The number of nitrogens with one attached hydrogen (secondary N) is 1. The van der Waals surface area contributed by atoms with E-state index in [2.05, 4.69) is 10.5 Å². The minimum atomic E-state index is -4.34. The molecule has 0 aliphatic carbocycles. The Hall–Kier alpha value is -3.67. The van der Waals surface area contributed by atoms with Gasteiger partial charge in [-0.3, -0.25) is 9.10 Å². The van der Waals surface area contributed by atoms with Crippen LogP contribution in [0.5, 0.6) is 23.0 Å². The summed E-state index contributed by atoms with van der Waals surface area (Å²) in [5, 5.41) is 4.67. The lowest BCUT2D eigenvalue weighted by molar-refractivity contribution is -0.119. The Morgan fingerprint density at radius 1 is 0.895 bits per heavy atom. The van der Waals surface area contributed by atoms with Crippen molar-refractivity contribution in [1.29, 1.82) is 0 Å². The maximum atomic E-state index is 13.9. The average molecular weight is 582 g/mol. The van der Waals surface area contributed by atoms with Gasteiger partial charge in [0.05, 0.1) is 50.3 Å². The molecule has 202 valence electrons. The van der Waals surface area contributed by atoms with Crippen molar-refractivity contribution in [1.82, 2.24) is 5.43 Å². The molecule has 0 aliphatic rings. The molecule has 0 fully saturated rings. The summed E-state index contributed by atoms with van der Waals surface area (Å²) in [6, 6.07) is 13.4. The van der Waals surface area contributed by atoms with Gasteiger partial charge in [0.25, 0.3) is 15.9 Å². The van der Waals surface area contributed by atoms with Crippen LogP contribution in [0.25, 0.3) is 0 Å². The molecule has 38 heavy (non-hydrogen) atoms. The van der Waals surface area contributed by atoms with Gasteiger partial charge in [0.15, 0.2) is 11.5 Å². The molecule has 0 aromatic heterocycles.